The molecular weight excluding hydrogens is 331 g/mol. The van der Waals surface area contributed by atoms with E-state index in [2.05, 4.69) is 21.2 Å². The molecule has 4 rings (SSSR count). The first-order valence-electron chi connectivity index (χ1n) is 9.56. The van der Waals surface area contributed by atoms with Gasteiger partial charge in [0, 0.05) is 24.0 Å². The van der Waals surface area contributed by atoms with Crippen molar-refractivity contribution >= 4 is 11.3 Å². The van der Waals surface area contributed by atoms with Gasteiger partial charge in [0.25, 0.3) is 0 Å². The number of benzene rings is 1. The van der Waals surface area contributed by atoms with Crippen molar-refractivity contribution in [1.82, 2.24) is 9.80 Å². The Morgan fingerprint density at radius 2 is 1.72 bits per heavy atom. The number of likely N-dealkylation sites (tertiary alicyclic amines) is 2. The fourth-order valence-electron chi connectivity index (χ4n) is 4.23. The van der Waals surface area contributed by atoms with E-state index in [1.165, 1.54) is 61.2 Å². The third kappa shape index (κ3) is 4.30. The zero-order valence-electron chi connectivity index (χ0n) is 14.8. The monoisotopic (exact) mass is 358 g/mol. The zero-order valence-corrected chi connectivity index (χ0v) is 15.6. The van der Waals surface area contributed by atoms with Crippen LogP contribution in [0.4, 0.5) is 4.39 Å². The van der Waals surface area contributed by atoms with Gasteiger partial charge in [-0.05, 0) is 80.0 Å². The molecule has 0 saturated carbocycles. The van der Waals surface area contributed by atoms with E-state index >= 15 is 0 Å². The van der Waals surface area contributed by atoms with Gasteiger partial charge in [0.15, 0.2) is 0 Å². The summed E-state index contributed by atoms with van der Waals surface area (Å²) in [4.78, 5) is 6.61. The molecule has 134 valence electrons. The number of nitrogens with zero attached hydrogens (tertiary/aromatic N) is 2. The van der Waals surface area contributed by atoms with Crippen LogP contribution in [-0.2, 0) is 13.1 Å². The van der Waals surface area contributed by atoms with E-state index in [9.17, 15) is 4.39 Å². The maximum atomic E-state index is 13.3. The summed E-state index contributed by atoms with van der Waals surface area (Å²) in [6, 6.07) is 9.96. The molecule has 0 amide bonds. The molecule has 4 heteroatoms. The van der Waals surface area contributed by atoms with Crippen molar-refractivity contribution in [2.24, 2.45) is 0 Å². The maximum absolute atomic E-state index is 13.3. The highest BCUT2D eigenvalue weighted by molar-refractivity contribution is 7.10. The number of thiophene rings is 1. The Kier molecular flexibility index (Phi) is 5.49. The first kappa shape index (κ1) is 17.2. The lowest BCUT2D eigenvalue weighted by Gasteiger charge is -2.35. The van der Waals surface area contributed by atoms with Crippen molar-refractivity contribution in [1.29, 1.82) is 0 Å². The van der Waals surface area contributed by atoms with Crippen LogP contribution in [0.25, 0.3) is 0 Å². The first-order valence-corrected chi connectivity index (χ1v) is 10.4. The standard InChI is InChI=1S/C21H27FN2S/c22-19-8-6-18(7-9-19)21-5-1-2-12-24(21)15-20-13-17(16-25-20)14-23-10-3-4-11-23/h6-9,13,16,21H,1-5,10-12,14-15H2/t21-/m0/s1. The molecule has 1 aromatic heterocycles. The number of rotatable bonds is 5. The summed E-state index contributed by atoms with van der Waals surface area (Å²) in [7, 11) is 0. The van der Waals surface area contributed by atoms with E-state index < -0.39 is 0 Å². The van der Waals surface area contributed by atoms with Crippen LogP contribution in [0.15, 0.2) is 35.7 Å². The van der Waals surface area contributed by atoms with Crippen LogP contribution in [0.5, 0.6) is 0 Å². The molecule has 0 bridgehead atoms. The Bertz CT molecular complexity index is 675. The van der Waals surface area contributed by atoms with Gasteiger partial charge >= 0.3 is 0 Å². The summed E-state index contributed by atoms with van der Waals surface area (Å²) in [5.41, 5.74) is 2.73. The molecule has 2 aromatic rings. The Hall–Kier alpha value is -1.23. The molecule has 2 nitrogen and oxygen atoms in total. The predicted molar refractivity (Wildman–Crippen MR) is 102 cm³/mol. The molecule has 0 unspecified atom stereocenters. The highest BCUT2D eigenvalue weighted by Crippen LogP contribution is 2.33. The fraction of sp³-hybridized carbons (Fsp3) is 0.524. The Labute approximate surface area is 154 Å². The van der Waals surface area contributed by atoms with E-state index in [-0.39, 0.29) is 5.82 Å². The topological polar surface area (TPSA) is 6.48 Å². The molecule has 2 fully saturated rings. The minimum absolute atomic E-state index is 0.143. The number of halogens is 1. The van der Waals surface area contributed by atoms with E-state index in [1.54, 1.807) is 12.1 Å². The average Bonchev–Trinajstić information content (AvgIpc) is 3.29. The largest absolute Gasteiger partial charge is 0.299 e. The molecule has 2 aliphatic rings. The second-order valence-electron chi connectivity index (χ2n) is 7.44. The third-order valence-corrected chi connectivity index (χ3v) is 6.51. The van der Waals surface area contributed by atoms with Crippen molar-refractivity contribution < 1.29 is 4.39 Å². The van der Waals surface area contributed by atoms with Gasteiger partial charge in [-0.2, -0.15) is 0 Å². The van der Waals surface area contributed by atoms with Crippen molar-refractivity contribution in [2.75, 3.05) is 19.6 Å². The second-order valence-corrected chi connectivity index (χ2v) is 8.43. The van der Waals surface area contributed by atoms with Gasteiger partial charge in [-0.3, -0.25) is 9.80 Å². The molecule has 2 saturated heterocycles. The molecule has 0 spiro atoms. The SMILES string of the molecule is Fc1ccc([C@@H]2CCCCN2Cc2cc(CN3CCCC3)cs2)cc1. The van der Waals surface area contributed by atoms with Gasteiger partial charge in [-0.15, -0.1) is 11.3 Å². The highest BCUT2D eigenvalue weighted by Gasteiger charge is 2.24. The minimum Gasteiger partial charge on any atom is -0.299 e. The molecule has 3 heterocycles. The van der Waals surface area contributed by atoms with Crippen LogP contribution in [0.2, 0.25) is 0 Å². The predicted octanol–water partition coefficient (Wildman–Crippen LogP) is 5.21. The van der Waals surface area contributed by atoms with E-state index in [1.807, 2.05) is 23.5 Å². The lowest BCUT2D eigenvalue weighted by atomic mass is 9.95. The molecule has 25 heavy (non-hydrogen) atoms. The van der Waals surface area contributed by atoms with Crippen LogP contribution >= 0.6 is 11.3 Å². The van der Waals surface area contributed by atoms with Crippen molar-refractivity contribution in [3.63, 3.8) is 0 Å². The van der Waals surface area contributed by atoms with Crippen LogP contribution in [0, 0.1) is 5.82 Å². The first-order chi connectivity index (χ1) is 12.3. The molecular formula is C21H27FN2S. The Balaban J connectivity index is 1.42. The normalized spacial score (nSPS) is 22.5. The Morgan fingerprint density at radius 3 is 2.52 bits per heavy atom. The van der Waals surface area contributed by atoms with Crippen LogP contribution in [-0.4, -0.2) is 29.4 Å². The third-order valence-electron chi connectivity index (χ3n) is 5.54. The van der Waals surface area contributed by atoms with Gasteiger partial charge in [-0.25, -0.2) is 4.39 Å². The van der Waals surface area contributed by atoms with Gasteiger partial charge in [0.1, 0.15) is 5.82 Å². The molecule has 1 aromatic carbocycles. The molecule has 2 aliphatic heterocycles. The van der Waals surface area contributed by atoms with E-state index in [0.29, 0.717) is 6.04 Å². The van der Waals surface area contributed by atoms with Gasteiger partial charge in [-0.1, -0.05) is 18.6 Å². The molecule has 0 aliphatic carbocycles. The van der Waals surface area contributed by atoms with Crippen LogP contribution in [0.1, 0.15) is 54.1 Å². The average molecular weight is 359 g/mol. The summed E-state index contributed by atoms with van der Waals surface area (Å²) in [6.45, 7) is 5.78. The Morgan fingerprint density at radius 1 is 0.960 bits per heavy atom. The van der Waals surface area contributed by atoms with Crippen LogP contribution < -0.4 is 0 Å². The molecule has 0 radical (unpaired) electrons. The number of piperidine rings is 1. The fourth-order valence-corrected chi connectivity index (χ4v) is 5.14. The summed E-state index contributed by atoms with van der Waals surface area (Å²) in [6.07, 6.45) is 6.42. The summed E-state index contributed by atoms with van der Waals surface area (Å²) in [5, 5.41) is 2.34. The van der Waals surface area contributed by atoms with Crippen molar-refractivity contribution in [2.45, 2.75) is 51.2 Å². The van der Waals surface area contributed by atoms with Crippen LogP contribution in [0.3, 0.4) is 0 Å². The zero-order chi connectivity index (χ0) is 17.1. The minimum atomic E-state index is -0.143. The summed E-state index contributed by atoms with van der Waals surface area (Å²) < 4.78 is 13.3. The number of hydrogen-bond donors (Lipinski definition) is 0. The smallest absolute Gasteiger partial charge is 0.123 e. The highest BCUT2D eigenvalue weighted by atomic mass is 32.1. The quantitative estimate of drug-likeness (QED) is 0.724. The molecule has 0 N–H and O–H groups in total. The summed E-state index contributed by atoms with van der Waals surface area (Å²) in [5.74, 6) is -0.143. The maximum Gasteiger partial charge on any atom is 0.123 e. The van der Waals surface area contributed by atoms with E-state index in [4.69, 9.17) is 0 Å². The summed E-state index contributed by atoms with van der Waals surface area (Å²) >= 11 is 1.90. The van der Waals surface area contributed by atoms with E-state index in [0.717, 1.165) is 19.6 Å². The van der Waals surface area contributed by atoms with Crippen molar-refractivity contribution in [3.8, 4) is 0 Å². The molecule has 1 atom stereocenters. The lowest BCUT2D eigenvalue weighted by Crippen LogP contribution is -2.32. The van der Waals surface area contributed by atoms with Crippen molar-refractivity contribution in [3.05, 3.63) is 57.5 Å². The second kappa shape index (κ2) is 7.98. The lowest BCUT2D eigenvalue weighted by molar-refractivity contribution is 0.141. The van der Waals surface area contributed by atoms with Gasteiger partial charge < -0.3 is 0 Å². The van der Waals surface area contributed by atoms with Gasteiger partial charge in [0.05, 0.1) is 0 Å². The van der Waals surface area contributed by atoms with Gasteiger partial charge in [0.2, 0.25) is 0 Å². The number of hydrogen-bond acceptors (Lipinski definition) is 3.